The summed E-state index contributed by atoms with van der Waals surface area (Å²) < 4.78 is 14.3. The number of rotatable bonds is 5. The van der Waals surface area contributed by atoms with Gasteiger partial charge in [-0.15, -0.1) is 0 Å². The molecule has 0 bridgehead atoms. The van der Waals surface area contributed by atoms with E-state index in [1.807, 2.05) is 0 Å². The molecule has 1 aliphatic rings. The molecule has 0 saturated heterocycles. The average molecular weight is 238 g/mol. The molecular formula is C6H11N2O6P. The zero-order valence-corrected chi connectivity index (χ0v) is 8.44. The molecule has 0 unspecified atom stereocenters. The number of aliphatic hydroxyl groups excluding tert-OH is 2. The van der Waals surface area contributed by atoms with Crippen LogP contribution in [0.2, 0.25) is 0 Å². The molecule has 0 aromatic rings. The second-order valence-electron chi connectivity index (χ2n) is 2.90. The maximum absolute atomic E-state index is 10.3. The van der Waals surface area contributed by atoms with E-state index < -0.39 is 32.7 Å². The van der Waals surface area contributed by atoms with Crippen molar-refractivity contribution < 1.29 is 29.1 Å². The molecule has 15 heavy (non-hydrogen) atoms. The maximum Gasteiger partial charge on any atom is 0.469 e. The molecule has 8 nitrogen and oxygen atoms in total. The van der Waals surface area contributed by atoms with Gasteiger partial charge in [-0.2, -0.15) is 0 Å². The van der Waals surface area contributed by atoms with Crippen molar-refractivity contribution in [1.29, 1.82) is 0 Å². The minimum atomic E-state index is -4.63. The van der Waals surface area contributed by atoms with Gasteiger partial charge in [0.15, 0.2) is 0 Å². The number of aliphatic hydroxyl groups is 2. The fourth-order valence-corrected chi connectivity index (χ4v) is 1.30. The highest BCUT2D eigenvalue weighted by Crippen LogP contribution is 2.35. The van der Waals surface area contributed by atoms with Crippen LogP contribution in [0, 0.1) is 0 Å². The Labute approximate surface area is 85.2 Å². The van der Waals surface area contributed by atoms with Gasteiger partial charge in [0.1, 0.15) is 24.6 Å². The first-order valence-electron chi connectivity index (χ1n) is 4.01. The van der Waals surface area contributed by atoms with E-state index in [1.165, 1.54) is 12.6 Å². The fraction of sp³-hybridized carbons (Fsp3) is 0.667. The summed E-state index contributed by atoms with van der Waals surface area (Å²) in [5.41, 5.74) is 0. The topological polar surface area (TPSA) is 132 Å². The van der Waals surface area contributed by atoms with Crippen LogP contribution in [0.4, 0.5) is 0 Å². The van der Waals surface area contributed by atoms with Crippen LogP contribution in [-0.2, 0) is 9.09 Å². The van der Waals surface area contributed by atoms with E-state index in [-0.39, 0.29) is 0 Å². The van der Waals surface area contributed by atoms with E-state index in [1.54, 1.807) is 0 Å². The molecule has 4 N–H and O–H groups in total. The van der Waals surface area contributed by atoms with Crippen molar-refractivity contribution in [2.75, 3.05) is 6.61 Å². The van der Waals surface area contributed by atoms with Crippen LogP contribution in [-0.4, -0.2) is 57.4 Å². The Morgan fingerprint density at radius 1 is 1.47 bits per heavy atom. The van der Waals surface area contributed by atoms with E-state index in [0.29, 0.717) is 0 Å². The Bertz CT molecular complexity index is 301. The van der Waals surface area contributed by atoms with Crippen LogP contribution in [0.1, 0.15) is 0 Å². The predicted octanol–water partition coefficient (Wildman–Crippen LogP) is -1.70. The second-order valence-corrected chi connectivity index (χ2v) is 4.14. The second kappa shape index (κ2) is 4.93. The zero-order chi connectivity index (χ0) is 11.5. The van der Waals surface area contributed by atoms with Crippen molar-refractivity contribution in [1.82, 2.24) is 0 Å². The zero-order valence-electron chi connectivity index (χ0n) is 7.54. The van der Waals surface area contributed by atoms with E-state index >= 15 is 0 Å². The Morgan fingerprint density at radius 2 is 2.13 bits per heavy atom. The predicted molar refractivity (Wildman–Crippen MR) is 50.8 cm³/mol. The summed E-state index contributed by atoms with van der Waals surface area (Å²) in [5, 5.41) is 18.7. The van der Waals surface area contributed by atoms with Crippen LogP contribution >= 0.6 is 7.82 Å². The van der Waals surface area contributed by atoms with E-state index in [0.717, 1.165) is 0 Å². The van der Waals surface area contributed by atoms with Gasteiger partial charge in [-0.25, -0.2) is 9.56 Å². The Morgan fingerprint density at radius 3 is 2.60 bits per heavy atom. The molecule has 1 aliphatic heterocycles. The molecule has 3 atom stereocenters. The number of hydrogen-bond acceptors (Lipinski definition) is 6. The summed E-state index contributed by atoms with van der Waals surface area (Å²) >= 11 is 0. The lowest BCUT2D eigenvalue weighted by atomic mass is 10.1. The average Bonchev–Trinajstić information content (AvgIpc) is 2.64. The first-order chi connectivity index (χ1) is 6.90. The van der Waals surface area contributed by atoms with Crippen LogP contribution in [0.3, 0.4) is 0 Å². The Balaban J connectivity index is 2.39. The van der Waals surface area contributed by atoms with Gasteiger partial charge in [0, 0.05) is 6.21 Å². The molecule has 0 aromatic heterocycles. The van der Waals surface area contributed by atoms with Gasteiger partial charge >= 0.3 is 7.82 Å². The molecule has 0 aliphatic carbocycles. The van der Waals surface area contributed by atoms with Gasteiger partial charge in [-0.05, 0) is 0 Å². The van der Waals surface area contributed by atoms with Crippen LogP contribution in [0.15, 0.2) is 9.98 Å². The van der Waals surface area contributed by atoms with Crippen molar-refractivity contribution in [3.05, 3.63) is 0 Å². The fourth-order valence-electron chi connectivity index (χ4n) is 0.957. The molecule has 1 rings (SSSR count). The van der Waals surface area contributed by atoms with Gasteiger partial charge in [-0.3, -0.25) is 9.52 Å². The smallest absolute Gasteiger partial charge is 0.388 e. The number of nitrogens with zero attached hydrogens (tertiary/aromatic N) is 2. The molecule has 1 heterocycles. The maximum atomic E-state index is 10.3. The summed E-state index contributed by atoms with van der Waals surface area (Å²) in [7, 11) is -4.63. The molecule has 9 heteroatoms. The van der Waals surface area contributed by atoms with Crippen LogP contribution in [0.25, 0.3) is 0 Å². The number of phosphoric acid groups is 1. The molecule has 0 saturated carbocycles. The molecule has 86 valence electrons. The summed E-state index contributed by atoms with van der Waals surface area (Å²) in [6.07, 6.45) is -0.223. The Hall–Kier alpha value is -0.630. The summed E-state index contributed by atoms with van der Waals surface area (Å²) in [5.74, 6) is 0. The Kier molecular flexibility index (Phi) is 4.09. The molecule has 0 spiro atoms. The third kappa shape index (κ3) is 4.17. The van der Waals surface area contributed by atoms with Gasteiger partial charge in [0.25, 0.3) is 0 Å². The highest BCUT2D eigenvalue weighted by atomic mass is 31.2. The van der Waals surface area contributed by atoms with E-state index in [9.17, 15) is 14.8 Å². The molecule has 0 fully saturated rings. The standard InChI is InChI=1S/C6H11N2O6P/c9-5(2-14-15(11,12)13)6(10)4-1-7-3-8-4/h1,3-6,9-10H,2H2,(H2,11,12,13)/t4-,5-,6-/m0/s1. The first-order valence-corrected chi connectivity index (χ1v) is 5.54. The van der Waals surface area contributed by atoms with Gasteiger partial charge < -0.3 is 20.0 Å². The van der Waals surface area contributed by atoms with Gasteiger partial charge in [-0.1, -0.05) is 0 Å². The molecule has 0 amide bonds. The number of phosphoric ester groups is 1. The minimum Gasteiger partial charge on any atom is -0.388 e. The van der Waals surface area contributed by atoms with E-state index in [4.69, 9.17) is 9.79 Å². The highest BCUT2D eigenvalue weighted by molar-refractivity contribution is 7.46. The number of aliphatic imine (C=N–C) groups is 2. The number of hydrogen-bond donors (Lipinski definition) is 4. The highest BCUT2D eigenvalue weighted by Gasteiger charge is 2.28. The van der Waals surface area contributed by atoms with Gasteiger partial charge in [0.2, 0.25) is 0 Å². The van der Waals surface area contributed by atoms with Crippen LogP contribution in [0.5, 0.6) is 0 Å². The van der Waals surface area contributed by atoms with Crippen molar-refractivity contribution in [2.24, 2.45) is 9.98 Å². The lowest BCUT2D eigenvalue weighted by molar-refractivity contribution is -0.0150. The normalized spacial score (nSPS) is 24.4. The summed E-state index contributed by atoms with van der Waals surface area (Å²) in [6, 6.07) is -0.708. The van der Waals surface area contributed by atoms with Crippen molar-refractivity contribution >= 4 is 20.4 Å². The monoisotopic (exact) mass is 238 g/mol. The van der Waals surface area contributed by atoms with Crippen molar-refractivity contribution in [3.8, 4) is 0 Å². The minimum absolute atomic E-state index is 0.675. The third-order valence-corrected chi connectivity index (χ3v) is 2.19. The molecular weight excluding hydrogens is 227 g/mol. The van der Waals surface area contributed by atoms with E-state index in [2.05, 4.69) is 14.5 Å². The summed E-state index contributed by atoms with van der Waals surface area (Å²) in [6.45, 7) is -0.675. The molecule has 0 radical (unpaired) electrons. The lowest BCUT2D eigenvalue weighted by Crippen LogP contribution is -2.39. The largest absolute Gasteiger partial charge is 0.469 e. The van der Waals surface area contributed by atoms with Crippen molar-refractivity contribution in [2.45, 2.75) is 18.2 Å². The molecule has 0 aromatic carbocycles. The quantitative estimate of drug-likeness (QED) is 0.422. The summed E-state index contributed by atoms with van der Waals surface area (Å²) in [4.78, 5) is 24.0. The SMILES string of the molecule is O=P(O)(O)OC[C@H](O)[C@@H](O)[C@@H]1C=NC=N1. The van der Waals surface area contributed by atoms with Gasteiger partial charge in [0.05, 0.1) is 6.61 Å². The van der Waals surface area contributed by atoms with Crippen molar-refractivity contribution in [3.63, 3.8) is 0 Å². The van der Waals surface area contributed by atoms with Crippen LogP contribution < -0.4 is 0 Å². The third-order valence-electron chi connectivity index (χ3n) is 1.70. The lowest BCUT2D eigenvalue weighted by Gasteiger charge is -2.19. The first kappa shape index (κ1) is 12.4.